The summed E-state index contributed by atoms with van der Waals surface area (Å²) in [7, 11) is 2.17. The van der Waals surface area contributed by atoms with E-state index in [9.17, 15) is 0 Å². The second-order valence-corrected chi connectivity index (χ2v) is 7.50. The molecule has 2 N–H and O–H groups in total. The zero-order valence-corrected chi connectivity index (χ0v) is 17.2. The van der Waals surface area contributed by atoms with Crippen molar-refractivity contribution in [2.45, 2.75) is 13.8 Å². The summed E-state index contributed by atoms with van der Waals surface area (Å²) < 4.78 is 0. The molecule has 1 saturated heterocycles. The number of aryl methyl sites for hydroxylation is 1. The molecule has 1 aliphatic rings. The maximum absolute atomic E-state index is 4.54. The molecule has 2 aromatic carbocycles. The Morgan fingerprint density at radius 1 is 0.897 bits per heavy atom. The van der Waals surface area contributed by atoms with Crippen molar-refractivity contribution in [2.24, 2.45) is 0 Å². The van der Waals surface area contributed by atoms with Gasteiger partial charge in [-0.05, 0) is 62.4 Å². The van der Waals surface area contributed by atoms with E-state index in [2.05, 4.69) is 86.8 Å². The van der Waals surface area contributed by atoms with Gasteiger partial charge in [0.1, 0.15) is 0 Å². The summed E-state index contributed by atoms with van der Waals surface area (Å²) in [6.07, 6.45) is 1.63. The first-order chi connectivity index (χ1) is 14.1. The van der Waals surface area contributed by atoms with Crippen molar-refractivity contribution < 1.29 is 0 Å². The SMILES string of the molecule is Cc1cccc(Nc2nncc(Nc3ccc(N4CCN(C)CC4)cc3)n2)c1C. The largest absolute Gasteiger partial charge is 0.369 e. The summed E-state index contributed by atoms with van der Waals surface area (Å²) >= 11 is 0. The van der Waals surface area contributed by atoms with Crippen LogP contribution in [-0.4, -0.2) is 53.3 Å². The molecule has 0 unspecified atom stereocenters. The summed E-state index contributed by atoms with van der Waals surface area (Å²) in [5, 5.41) is 14.8. The van der Waals surface area contributed by atoms with Crippen LogP contribution < -0.4 is 15.5 Å². The first-order valence-corrected chi connectivity index (χ1v) is 9.92. The summed E-state index contributed by atoms with van der Waals surface area (Å²) in [4.78, 5) is 9.32. The second-order valence-electron chi connectivity index (χ2n) is 7.50. The van der Waals surface area contributed by atoms with Crippen molar-refractivity contribution >= 4 is 28.8 Å². The molecule has 0 atom stereocenters. The molecule has 1 aromatic heterocycles. The number of piperazine rings is 1. The molecule has 7 heteroatoms. The minimum absolute atomic E-state index is 0.470. The lowest BCUT2D eigenvalue weighted by Crippen LogP contribution is -2.44. The maximum Gasteiger partial charge on any atom is 0.249 e. The molecular weight excluding hydrogens is 362 g/mol. The van der Waals surface area contributed by atoms with Gasteiger partial charge in [-0.2, -0.15) is 10.1 Å². The van der Waals surface area contributed by atoms with Crippen LogP contribution in [0.3, 0.4) is 0 Å². The van der Waals surface area contributed by atoms with Crippen molar-refractivity contribution in [3.05, 3.63) is 59.8 Å². The van der Waals surface area contributed by atoms with Crippen molar-refractivity contribution in [2.75, 3.05) is 48.8 Å². The van der Waals surface area contributed by atoms with Crippen molar-refractivity contribution in [1.29, 1.82) is 0 Å². The number of nitrogens with zero attached hydrogens (tertiary/aromatic N) is 5. The Hall–Kier alpha value is -3.19. The predicted molar refractivity (Wildman–Crippen MR) is 118 cm³/mol. The fourth-order valence-corrected chi connectivity index (χ4v) is 3.39. The Labute approximate surface area is 171 Å². The molecule has 0 bridgehead atoms. The minimum Gasteiger partial charge on any atom is -0.369 e. The summed E-state index contributed by atoms with van der Waals surface area (Å²) in [5.74, 6) is 1.12. The van der Waals surface area contributed by atoms with Crippen LogP contribution in [0.15, 0.2) is 48.7 Å². The number of nitrogens with one attached hydrogen (secondary N) is 2. The van der Waals surface area contributed by atoms with Gasteiger partial charge in [0.15, 0.2) is 5.82 Å². The number of aromatic nitrogens is 3. The van der Waals surface area contributed by atoms with E-state index >= 15 is 0 Å². The standard InChI is InChI=1S/C22H27N7/c1-16-5-4-6-20(17(16)2)25-22-26-21(15-23-27-22)24-18-7-9-19(10-8-18)29-13-11-28(3)12-14-29/h4-10,15H,11-14H2,1-3H3,(H2,24,25,26,27). The van der Waals surface area contributed by atoms with Gasteiger partial charge in [-0.25, -0.2) is 0 Å². The van der Waals surface area contributed by atoms with E-state index < -0.39 is 0 Å². The van der Waals surface area contributed by atoms with E-state index in [4.69, 9.17) is 0 Å². The third kappa shape index (κ3) is 4.63. The van der Waals surface area contributed by atoms with Crippen LogP contribution >= 0.6 is 0 Å². The number of hydrogen-bond donors (Lipinski definition) is 2. The molecule has 0 amide bonds. The predicted octanol–water partition coefficient (Wildman–Crippen LogP) is 3.73. The summed E-state index contributed by atoms with van der Waals surface area (Å²) in [5.41, 5.74) is 5.61. The average molecular weight is 390 g/mol. The highest BCUT2D eigenvalue weighted by Gasteiger charge is 2.14. The van der Waals surface area contributed by atoms with E-state index in [1.165, 1.54) is 16.8 Å². The van der Waals surface area contributed by atoms with E-state index in [0.29, 0.717) is 11.8 Å². The lowest BCUT2D eigenvalue weighted by Gasteiger charge is -2.34. The van der Waals surface area contributed by atoms with Gasteiger partial charge in [0, 0.05) is 43.2 Å². The number of likely N-dealkylation sites (N-methyl/N-ethyl adjacent to an activating group) is 1. The fraction of sp³-hybridized carbons (Fsp3) is 0.318. The van der Waals surface area contributed by atoms with Crippen molar-refractivity contribution in [3.8, 4) is 0 Å². The molecule has 29 heavy (non-hydrogen) atoms. The number of anilines is 5. The zero-order chi connectivity index (χ0) is 20.2. The van der Waals surface area contributed by atoms with E-state index in [0.717, 1.165) is 37.6 Å². The van der Waals surface area contributed by atoms with E-state index in [1.54, 1.807) is 6.20 Å². The summed E-state index contributed by atoms with van der Waals surface area (Å²) in [6.45, 7) is 8.49. The molecular formula is C22H27N7. The zero-order valence-electron chi connectivity index (χ0n) is 17.2. The molecule has 0 spiro atoms. The van der Waals surface area contributed by atoms with Crippen LogP contribution in [0.1, 0.15) is 11.1 Å². The number of rotatable bonds is 5. The lowest BCUT2D eigenvalue weighted by molar-refractivity contribution is 0.313. The highest BCUT2D eigenvalue weighted by atomic mass is 15.3. The fourth-order valence-electron chi connectivity index (χ4n) is 3.39. The normalized spacial score (nSPS) is 14.7. The summed E-state index contributed by atoms with van der Waals surface area (Å²) in [6, 6.07) is 14.6. The van der Waals surface area contributed by atoms with Crippen LogP contribution in [0.2, 0.25) is 0 Å². The van der Waals surface area contributed by atoms with Gasteiger partial charge in [-0.3, -0.25) is 0 Å². The molecule has 0 aliphatic carbocycles. The Bertz CT molecular complexity index is 963. The van der Waals surface area contributed by atoms with Gasteiger partial charge < -0.3 is 20.4 Å². The van der Waals surface area contributed by atoms with Gasteiger partial charge in [0.25, 0.3) is 0 Å². The van der Waals surface area contributed by atoms with Gasteiger partial charge in [0.2, 0.25) is 5.95 Å². The minimum atomic E-state index is 0.470. The second kappa shape index (κ2) is 8.45. The highest BCUT2D eigenvalue weighted by Crippen LogP contribution is 2.23. The average Bonchev–Trinajstić information content (AvgIpc) is 2.73. The van der Waals surface area contributed by atoms with Crippen LogP contribution in [-0.2, 0) is 0 Å². The van der Waals surface area contributed by atoms with Gasteiger partial charge in [-0.15, -0.1) is 5.10 Å². The third-order valence-corrected chi connectivity index (χ3v) is 5.42. The maximum atomic E-state index is 4.54. The Morgan fingerprint density at radius 2 is 1.66 bits per heavy atom. The quantitative estimate of drug-likeness (QED) is 0.689. The molecule has 7 nitrogen and oxygen atoms in total. The van der Waals surface area contributed by atoms with Gasteiger partial charge in [-0.1, -0.05) is 12.1 Å². The van der Waals surface area contributed by atoms with Crippen molar-refractivity contribution in [1.82, 2.24) is 20.1 Å². The smallest absolute Gasteiger partial charge is 0.249 e. The first-order valence-electron chi connectivity index (χ1n) is 9.92. The third-order valence-electron chi connectivity index (χ3n) is 5.42. The number of hydrogen-bond acceptors (Lipinski definition) is 7. The molecule has 0 saturated carbocycles. The molecule has 1 fully saturated rings. The topological polar surface area (TPSA) is 69.2 Å². The van der Waals surface area contributed by atoms with Crippen molar-refractivity contribution in [3.63, 3.8) is 0 Å². The molecule has 150 valence electrons. The van der Waals surface area contributed by atoms with E-state index in [-0.39, 0.29) is 0 Å². The van der Waals surface area contributed by atoms with Gasteiger partial charge in [0.05, 0.1) is 6.20 Å². The highest BCUT2D eigenvalue weighted by molar-refractivity contribution is 5.63. The number of benzene rings is 2. The molecule has 3 aromatic rings. The molecule has 2 heterocycles. The Morgan fingerprint density at radius 3 is 2.41 bits per heavy atom. The molecule has 0 radical (unpaired) electrons. The lowest BCUT2D eigenvalue weighted by atomic mass is 10.1. The molecule has 1 aliphatic heterocycles. The van der Waals surface area contributed by atoms with Crippen LogP contribution in [0.4, 0.5) is 28.8 Å². The van der Waals surface area contributed by atoms with E-state index in [1.807, 2.05) is 12.1 Å². The van der Waals surface area contributed by atoms with Crippen LogP contribution in [0.5, 0.6) is 0 Å². The Balaban J connectivity index is 1.43. The first kappa shape index (κ1) is 19.1. The van der Waals surface area contributed by atoms with Gasteiger partial charge >= 0.3 is 0 Å². The van der Waals surface area contributed by atoms with Crippen LogP contribution in [0.25, 0.3) is 0 Å². The monoisotopic (exact) mass is 389 g/mol. The Kier molecular flexibility index (Phi) is 5.57. The van der Waals surface area contributed by atoms with Crippen LogP contribution in [0, 0.1) is 13.8 Å². The molecule has 4 rings (SSSR count).